The summed E-state index contributed by atoms with van der Waals surface area (Å²) in [6.45, 7) is 0. The molecule has 1 fully saturated rings. The molecule has 3 atom stereocenters. The molecule has 0 spiro atoms. The Morgan fingerprint density at radius 1 is 1.41 bits per heavy atom. The van der Waals surface area contributed by atoms with Crippen molar-refractivity contribution in [1.29, 1.82) is 0 Å². The molecule has 2 aliphatic heterocycles. The highest BCUT2D eigenvalue weighted by Gasteiger charge is 2.34. The first kappa shape index (κ1) is 11.9. The van der Waals surface area contributed by atoms with Gasteiger partial charge >= 0.3 is 0 Å². The van der Waals surface area contributed by atoms with E-state index in [1.54, 1.807) is 0 Å². The van der Waals surface area contributed by atoms with Crippen molar-refractivity contribution < 1.29 is 9.84 Å². The third-order valence-corrected chi connectivity index (χ3v) is 5.24. The molecular weight excluding hydrogens is 300 g/mol. The highest BCUT2D eigenvalue weighted by atomic mass is 79.9. The number of ether oxygens (including phenoxy) is 1. The predicted octanol–water partition coefficient (Wildman–Crippen LogP) is 3.39. The van der Waals surface area contributed by atoms with Crippen molar-refractivity contribution in [3.63, 3.8) is 0 Å². The summed E-state index contributed by atoms with van der Waals surface area (Å²) in [6, 6.07) is 5.87. The van der Waals surface area contributed by atoms with E-state index in [1.807, 2.05) is 30.0 Å². The van der Waals surface area contributed by atoms with Crippen molar-refractivity contribution in [1.82, 2.24) is 0 Å². The van der Waals surface area contributed by atoms with Gasteiger partial charge in [0.1, 0.15) is 11.9 Å². The highest BCUT2D eigenvalue weighted by molar-refractivity contribution is 9.10. The Kier molecular flexibility index (Phi) is 3.37. The normalized spacial score (nSPS) is 32.0. The zero-order chi connectivity index (χ0) is 11.8. The monoisotopic (exact) mass is 314 g/mol. The smallest absolute Gasteiger partial charge is 0.126 e. The van der Waals surface area contributed by atoms with E-state index in [-0.39, 0.29) is 12.2 Å². The second-order valence-corrected chi connectivity index (χ2v) is 6.78. The van der Waals surface area contributed by atoms with Crippen molar-refractivity contribution in [2.45, 2.75) is 25.0 Å². The molecule has 0 aliphatic carbocycles. The van der Waals surface area contributed by atoms with Gasteiger partial charge in [0.05, 0.1) is 6.10 Å². The van der Waals surface area contributed by atoms with Crippen LogP contribution in [0.3, 0.4) is 0 Å². The summed E-state index contributed by atoms with van der Waals surface area (Å²) in [5.74, 6) is 3.84. The van der Waals surface area contributed by atoms with Crippen LogP contribution in [0.1, 0.15) is 24.5 Å². The maximum atomic E-state index is 10.2. The summed E-state index contributed by atoms with van der Waals surface area (Å²) in [7, 11) is 0. The highest BCUT2D eigenvalue weighted by Crippen LogP contribution is 2.41. The number of aliphatic hydroxyl groups is 1. The van der Waals surface area contributed by atoms with E-state index < -0.39 is 0 Å². The third kappa shape index (κ3) is 2.35. The topological polar surface area (TPSA) is 29.5 Å². The van der Waals surface area contributed by atoms with Crippen molar-refractivity contribution in [2.24, 2.45) is 5.92 Å². The van der Waals surface area contributed by atoms with Gasteiger partial charge in [0.2, 0.25) is 0 Å². The number of rotatable bonds is 1. The van der Waals surface area contributed by atoms with Gasteiger partial charge < -0.3 is 9.84 Å². The largest absolute Gasteiger partial charge is 0.490 e. The molecule has 2 aliphatic rings. The van der Waals surface area contributed by atoms with Crippen LogP contribution in [0.25, 0.3) is 0 Å². The van der Waals surface area contributed by atoms with Crippen molar-refractivity contribution >= 4 is 27.7 Å². The second kappa shape index (κ2) is 4.82. The average molecular weight is 315 g/mol. The Hall–Kier alpha value is -0.190. The maximum absolute atomic E-state index is 10.2. The van der Waals surface area contributed by atoms with Gasteiger partial charge in [-0.2, -0.15) is 11.8 Å². The molecule has 2 heterocycles. The Bertz CT molecular complexity index is 418. The lowest BCUT2D eigenvalue weighted by molar-refractivity contribution is 0.0402. The van der Waals surface area contributed by atoms with Crippen LogP contribution in [0.5, 0.6) is 5.75 Å². The second-order valence-electron chi connectivity index (χ2n) is 4.71. The fourth-order valence-electron chi connectivity index (χ4n) is 2.58. The van der Waals surface area contributed by atoms with Crippen LogP contribution in [0.2, 0.25) is 0 Å². The molecule has 17 heavy (non-hydrogen) atoms. The summed E-state index contributed by atoms with van der Waals surface area (Å²) < 4.78 is 7.07. The van der Waals surface area contributed by atoms with Gasteiger partial charge in [-0.25, -0.2) is 0 Å². The van der Waals surface area contributed by atoms with Crippen LogP contribution < -0.4 is 4.74 Å². The molecule has 2 nitrogen and oxygen atoms in total. The summed E-state index contributed by atoms with van der Waals surface area (Å²) in [6.07, 6.45) is 1.76. The first-order valence-corrected chi connectivity index (χ1v) is 7.91. The van der Waals surface area contributed by atoms with E-state index in [0.717, 1.165) is 22.2 Å². The SMILES string of the molecule is OC1CC(C2CCSC2)Oc2cc(Br)ccc21. The van der Waals surface area contributed by atoms with Gasteiger partial charge in [-0.3, -0.25) is 0 Å². The van der Waals surface area contributed by atoms with E-state index >= 15 is 0 Å². The zero-order valence-electron chi connectivity index (χ0n) is 9.43. The van der Waals surface area contributed by atoms with E-state index in [9.17, 15) is 5.11 Å². The van der Waals surface area contributed by atoms with Gasteiger partial charge in [0.25, 0.3) is 0 Å². The average Bonchev–Trinajstić information content (AvgIpc) is 2.81. The van der Waals surface area contributed by atoms with E-state index in [1.165, 1.54) is 17.9 Å². The molecule has 92 valence electrons. The lowest BCUT2D eigenvalue weighted by Gasteiger charge is -2.33. The zero-order valence-corrected chi connectivity index (χ0v) is 11.8. The molecule has 3 rings (SSSR count). The van der Waals surface area contributed by atoms with Gasteiger partial charge in [0, 0.05) is 22.4 Å². The Morgan fingerprint density at radius 3 is 3.06 bits per heavy atom. The quantitative estimate of drug-likeness (QED) is 0.861. The first-order chi connectivity index (χ1) is 8.24. The molecule has 0 aromatic heterocycles. The van der Waals surface area contributed by atoms with E-state index in [4.69, 9.17) is 4.74 Å². The molecule has 0 amide bonds. The number of benzene rings is 1. The molecule has 0 bridgehead atoms. The van der Waals surface area contributed by atoms with E-state index in [0.29, 0.717) is 5.92 Å². The third-order valence-electron chi connectivity index (χ3n) is 3.56. The molecule has 0 radical (unpaired) electrons. The summed E-state index contributed by atoms with van der Waals surface area (Å²) in [5.41, 5.74) is 0.926. The number of halogens is 1. The molecule has 1 N–H and O–H groups in total. The van der Waals surface area contributed by atoms with Crippen LogP contribution in [-0.4, -0.2) is 22.7 Å². The molecular formula is C13H15BrO2S. The predicted molar refractivity (Wildman–Crippen MR) is 73.6 cm³/mol. The summed E-state index contributed by atoms with van der Waals surface area (Å²) >= 11 is 5.44. The molecule has 4 heteroatoms. The van der Waals surface area contributed by atoms with Crippen LogP contribution in [0.4, 0.5) is 0 Å². The van der Waals surface area contributed by atoms with Crippen molar-refractivity contribution in [3.05, 3.63) is 28.2 Å². The minimum Gasteiger partial charge on any atom is -0.490 e. The van der Waals surface area contributed by atoms with Gasteiger partial charge in [0.15, 0.2) is 0 Å². The molecule has 1 aromatic carbocycles. The first-order valence-electron chi connectivity index (χ1n) is 5.96. The summed E-state index contributed by atoms with van der Waals surface area (Å²) in [4.78, 5) is 0. The van der Waals surface area contributed by atoms with Crippen molar-refractivity contribution in [2.75, 3.05) is 11.5 Å². The molecule has 1 aromatic rings. The standard InChI is InChI=1S/C13H15BrO2S/c14-9-1-2-10-11(15)6-12(16-13(10)5-9)8-3-4-17-7-8/h1-2,5,8,11-12,15H,3-4,6-7H2. The molecule has 1 saturated heterocycles. The Balaban J connectivity index is 1.85. The fourth-order valence-corrected chi connectivity index (χ4v) is 4.24. The van der Waals surface area contributed by atoms with Crippen molar-refractivity contribution in [3.8, 4) is 5.75 Å². The van der Waals surface area contributed by atoms with Crippen LogP contribution in [0, 0.1) is 5.92 Å². The number of hydrogen-bond acceptors (Lipinski definition) is 3. The number of fused-ring (bicyclic) bond motifs is 1. The fraction of sp³-hybridized carbons (Fsp3) is 0.538. The number of aliphatic hydroxyl groups excluding tert-OH is 1. The molecule has 3 unspecified atom stereocenters. The van der Waals surface area contributed by atoms with E-state index in [2.05, 4.69) is 15.9 Å². The molecule has 0 saturated carbocycles. The minimum absolute atomic E-state index is 0.182. The van der Waals surface area contributed by atoms with Crippen LogP contribution in [0.15, 0.2) is 22.7 Å². The Morgan fingerprint density at radius 2 is 2.29 bits per heavy atom. The van der Waals surface area contributed by atoms with Gasteiger partial charge in [-0.15, -0.1) is 0 Å². The number of thioether (sulfide) groups is 1. The summed E-state index contributed by atoms with van der Waals surface area (Å²) in [5, 5.41) is 10.2. The lowest BCUT2D eigenvalue weighted by Crippen LogP contribution is -2.32. The van der Waals surface area contributed by atoms with Gasteiger partial charge in [-0.1, -0.05) is 22.0 Å². The minimum atomic E-state index is -0.373. The van der Waals surface area contributed by atoms with Crippen LogP contribution >= 0.6 is 27.7 Å². The Labute approximate surface area is 114 Å². The number of hydrogen-bond donors (Lipinski definition) is 1. The lowest BCUT2D eigenvalue weighted by atomic mass is 9.91. The van der Waals surface area contributed by atoms with Crippen LogP contribution in [-0.2, 0) is 0 Å². The van der Waals surface area contributed by atoms with Gasteiger partial charge in [-0.05, 0) is 30.1 Å². The maximum Gasteiger partial charge on any atom is 0.126 e.